The molecule has 1 aliphatic carbocycles. The van der Waals surface area contributed by atoms with Crippen LogP contribution in [0.15, 0.2) is 109 Å². The lowest BCUT2D eigenvalue weighted by Gasteiger charge is -2.37. The van der Waals surface area contributed by atoms with E-state index in [2.05, 4.69) is 33.5 Å². The smallest absolute Gasteiger partial charge is 0.270 e. The van der Waals surface area contributed by atoms with Crippen molar-refractivity contribution < 1.29 is 9.59 Å². The van der Waals surface area contributed by atoms with Crippen molar-refractivity contribution in [3.8, 4) is 11.1 Å². The molecule has 3 heterocycles. The molecule has 1 fully saturated rings. The molecule has 2 amide bonds. The van der Waals surface area contributed by atoms with Crippen molar-refractivity contribution in [1.29, 1.82) is 0 Å². The number of pyridine rings is 2. The van der Waals surface area contributed by atoms with Crippen LogP contribution in [0.25, 0.3) is 32.1 Å². The van der Waals surface area contributed by atoms with Gasteiger partial charge in [-0.15, -0.1) is 11.3 Å². The fraction of sp³-hybridized carbons (Fsp3) is 0.189. The molecule has 0 unspecified atom stereocenters. The zero-order chi connectivity index (χ0) is 30.8. The minimum Gasteiger partial charge on any atom is -0.348 e. The van der Waals surface area contributed by atoms with Crippen molar-refractivity contribution in [3.63, 3.8) is 0 Å². The number of aromatic nitrogens is 2. The van der Waals surface area contributed by atoms with E-state index in [1.54, 1.807) is 18.5 Å². The van der Waals surface area contributed by atoms with Crippen LogP contribution >= 0.6 is 22.9 Å². The van der Waals surface area contributed by atoms with E-state index in [0.29, 0.717) is 22.1 Å². The van der Waals surface area contributed by atoms with Gasteiger partial charge in [0.2, 0.25) is 0 Å². The van der Waals surface area contributed by atoms with Crippen LogP contribution in [-0.4, -0.2) is 38.8 Å². The standard InChI is InChI=1S/C37H31ClN4O2S/c38-34-30-9-2-4-11-33(30)45-35(34)37(44)42(23-24-6-5-8-27(22-24)25-18-20-39-21-19-25)29-15-13-28(14-16-29)40-36(43)32-17-12-26-7-1-3-10-31(26)41-32/h1-12,17-22,28-29H,13-16,23H2,(H,40,43). The molecular formula is C37H31ClN4O2S. The summed E-state index contributed by atoms with van der Waals surface area (Å²) in [7, 11) is 0. The van der Waals surface area contributed by atoms with Crippen molar-refractivity contribution >= 4 is 55.7 Å². The molecule has 0 bridgehead atoms. The maximum Gasteiger partial charge on any atom is 0.270 e. The van der Waals surface area contributed by atoms with E-state index in [0.717, 1.165) is 63.4 Å². The summed E-state index contributed by atoms with van der Waals surface area (Å²) < 4.78 is 0.999. The number of fused-ring (bicyclic) bond motifs is 2. The maximum absolute atomic E-state index is 14.3. The summed E-state index contributed by atoms with van der Waals surface area (Å²) >= 11 is 8.27. The summed E-state index contributed by atoms with van der Waals surface area (Å²) in [5, 5.41) is 5.61. The predicted molar refractivity (Wildman–Crippen MR) is 182 cm³/mol. The molecule has 1 saturated carbocycles. The van der Waals surface area contributed by atoms with Crippen LogP contribution in [0, 0.1) is 0 Å². The molecule has 224 valence electrons. The number of benzene rings is 3. The van der Waals surface area contributed by atoms with Crippen LogP contribution < -0.4 is 5.32 Å². The minimum atomic E-state index is -0.165. The largest absolute Gasteiger partial charge is 0.348 e. The van der Waals surface area contributed by atoms with E-state index in [1.807, 2.05) is 77.7 Å². The SMILES string of the molecule is O=C(NC1CCC(N(Cc2cccc(-c3ccncc3)c2)C(=O)c2sc3ccccc3c2Cl)CC1)c1ccc2ccccc2n1. The van der Waals surface area contributed by atoms with Gasteiger partial charge in [0.1, 0.15) is 10.6 Å². The van der Waals surface area contributed by atoms with Crippen LogP contribution in [0.4, 0.5) is 0 Å². The molecule has 8 heteroatoms. The van der Waals surface area contributed by atoms with Crippen LogP contribution in [0.2, 0.25) is 5.02 Å². The minimum absolute atomic E-state index is 0.00954. The highest BCUT2D eigenvalue weighted by Crippen LogP contribution is 2.37. The van der Waals surface area contributed by atoms with Gasteiger partial charge in [-0.05, 0) is 78.8 Å². The summed E-state index contributed by atoms with van der Waals surface area (Å²) in [4.78, 5) is 38.7. The van der Waals surface area contributed by atoms with Gasteiger partial charge in [-0.25, -0.2) is 4.98 Å². The summed E-state index contributed by atoms with van der Waals surface area (Å²) in [6, 6.07) is 31.7. The molecule has 6 nitrogen and oxygen atoms in total. The summed E-state index contributed by atoms with van der Waals surface area (Å²) in [5.74, 6) is -0.217. The zero-order valence-corrected chi connectivity index (χ0v) is 26.1. The Hall–Kier alpha value is -4.59. The Morgan fingerprint density at radius 2 is 1.62 bits per heavy atom. The number of hydrogen-bond acceptors (Lipinski definition) is 5. The van der Waals surface area contributed by atoms with Crippen molar-refractivity contribution in [2.24, 2.45) is 0 Å². The highest BCUT2D eigenvalue weighted by atomic mass is 35.5. The van der Waals surface area contributed by atoms with Gasteiger partial charge >= 0.3 is 0 Å². The number of nitrogens with one attached hydrogen (secondary N) is 1. The van der Waals surface area contributed by atoms with E-state index in [-0.39, 0.29) is 23.9 Å². The van der Waals surface area contributed by atoms with E-state index >= 15 is 0 Å². The molecule has 0 radical (unpaired) electrons. The number of para-hydroxylation sites is 1. The number of hydrogen-bond donors (Lipinski definition) is 1. The second-order valence-corrected chi connectivity index (χ2v) is 12.9. The number of carbonyl (C=O) groups excluding carboxylic acids is 2. The first-order chi connectivity index (χ1) is 22.0. The second kappa shape index (κ2) is 12.8. The zero-order valence-electron chi connectivity index (χ0n) is 24.5. The number of amides is 2. The van der Waals surface area contributed by atoms with Gasteiger partial charge in [-0.1, -0.05) is 72.3 Å². The molecule has 3 aromatic heterocycles. The van der Waals surface area contributed by atoms with Crippen LogP contribution in [0.1, 0.15) is 51.4 Å². The van der Waals surface area contributed by atoms with Crippen molar-refractivity contribution in [3.05, 3.63) is 131 Å². The summed E-state index contributed by atoms with van der Waals surface area (Å²) in [6.07, 6.45) is 6.65. The Bertz CT molecular complexity index is 2000. The number of thiophene rings is 1. The number of halogens is 1. The van der Waals surface area contributed by atoms with Crippen LogP contribution in [0.3, 0.4) is 0 Å². The van der Waals surface area contributed by atoms with Crippen LogP contribution in [-0.2, 0) is 6.54 Å². The van der Waals surface area contributed by atoms with Gasteiger partial charge in [0.05, 0.1) is 10.5 Å². The molecule has 0 saturated heterocycles. The molecule has 0 aliphatic heterocycles. The van der Waals surface area contributed by atoms with Crippen molar-refractivity contribution in [2.75, 3.05) is 0 Å². The average molecular weight is 631 g/mol. The molecule has 45 heavy (non-hydrogen) atoms. The van der Waals surface area contributed by atoms with E-state index in [1.165, 1.54) is 11.3 Å². The lowest BCUT2D eigenvalue weighted by molar-refractivity contribution is 0.0597. The van der Waals surface area contributed by atoms with Crippen LogP contribution in [0.5, 0.6) is 0 Å². The fourth-order valence-corrected chi connectivity index (χ4v) is 7.69. The Balaban J connectivity index is 1.11. The molecule has 1 aliphatic rings. The topological polar surface area (TPSA) is 75.2 Å². The average Bonchev–Trinajstić information content (AvgIpc) is 3.43. The normalized spacial score (nSPS) is 16.5. The van der Waals surface area contributed by atoms with Gasteiger partial charge in [0.15, 0.2) is 0 Å². The lowest BCUT2D eigenvalue weighted by atomic mass is 9.89. The molecule has 6 aromatic rings. The number of nitrogens with zero attached hydrogens (tertiary/aromatic N) is 3. The Kier molecular flexibility index (Phi) is 8.29. The fourth-order valence-electron chi connectivity index (χ4n) is 6.22. The van der Waals surface area contributed by atoms with Crippen molar-refractivity contribution in [1.82, 2.24) is 20.2 Å². The molecular weight excluding hydrogens is 600 g/mol. The second-order valence-electron chi connectivity index (χ2n) is 11.5. The molecule has 3 aromatic carbocycles. The Morgan fingerprint density at radius 1 is 0.844 bits per heavy atom. The quantitative estimate of drug-likeness (QED) is 0.192. The van der Waals surface area contributed by atoms with E-state index in [9.17, 15) is 9.59 Å². The summed E-state index contributed by atoms with van der Waals surface area (Å²) in [6.45, 7) is 0.463. The first kappa shape index (κ1) is 29.1. The third-order valence-electron chi connectivity index (χ3n) is 8.59. The molecule has 0 spiro atoms. The molecule has 0 atom stereocenters. The predicted octanol–water partition coefficient (Wildman–Crippen LogP) is 8.55. The van der Waals surface area contributed by atoms with E-state index < -0.39 is 0 Å². The number of rotatable bonds is 7. The molecule has 1 N–H and O–H groups in total. The Morgan fingerprint density at radius 3 is 2.44 bits per heavy atom. The highest BCUT2D eigenvalue weighted by molar-refractivity contribution is 7.21. The van der Waals surface area contributed by atoms with Gasteiger partial charge < -0.3 is 10.2 Å². The summed E-state index contributed by atoms with van der Waals surface area (Å²) in [5.41, 5.74) is 4.43. The molecule has 7 rings (SSSR count). The van der Waals surface area contributed by atoms with Crippen molar-refractivity contribution in [2.45, 2.75) is 44.3 Å². The highest BCUT2D eigenvalue weighted by Gasteiger charge is 2.32. The first-order valence-electron chi connectivity index (χ1n) is 15.2. The Labute approximate surface area is 270 Å². The monoisotopic (exact) mass is 630 g/mol. The van der Waals surface area contributed by atoms with Gasteiger partial charge in [-0.3, -0.25) is 14.6 Å². The van der Waals surface area contributed by atoms with Gasteiger partial charge in [0, 0.05) is 46.5 Å². The lowest BCUT2D eigenvalue weighted by Crippen LogP contribution is -2.46. The third-order valence-corrected chi connectivity index (χ3v) is 10.3. The third kappa shape index (κ3) is 6.19. The van der Waals surface area contributed by atoms with Gasteiger partial charge in [0.25, 0.3) is 11.8 Å². The van der Waals surface area contributed by atoms with E-state index in [4.69, 9.17) is 11.6 Å². The van der Waals surface area contributed by atoms with Gasteiger partial charge in [-0.2, -0.15) is 0 Å². The number of carbonyl (C=O) groups is 2. The maximum atomic E-state index is 14.3. The first-order valence-corrected chi connectivity index (χ1v) is 16.4.